The molecule has 2 heterocycles. The van der Waals surface area contributed by atoms with Gasteiger partial charge < -0.3 is 9.64 Å². The van der Waals surface area contributed by atoms with Crippen LogP contribution >= 0.6 is 11.6 Å². The van der Waals surface area contributed by atoms with E-state index in [1.54, 1.807) is 0 Å². The van der Waals surface area contributed by atoms with Crippen molar-refractivity contribution in [3.05, 3.63) is 59.6 Å². The summed E-state index contributed by atoms with van der Waals surface area (Å²) < 4.78 is 5.64. The molecule has 0 radical (unpaired) electrons. The lowest BCUT2D eigenvalue weighted by atomic mass is 10.1. The van der Waals surface area contributed by atoms with Gasteiger partial charge in [0.2, 0.25) is 0 Å². The third-order valence-corrected chi connectivity index (χ3v) is 6.18. The first-order valence-corrected chi connectivity index (χ1v) is 11.5. The van der Waals surface area contributed by atoms with Gasteiger partial charge in [0.1, 0.15) is 11.7 Å². The molecule has 2 aromatic carbocycles. The van der Waals surface area contributed by atoms with Crippen molar-refractivity contribution in [2.45, 2.75) is 12.8 Å². The maximum atomic E-state index is 12.6. The predicted octanol–water partition coefficient (Wildman–Crippen LogP) is 2.81. The van der Waals surface area contributed by atoms with Crippen LogP contribution < -0.4 is 15.1 Å². The van der Waals surface area contributed by atoms with E-state index in [1.807, 2.05) is 48.5 Å². The number of hydrogen-bond donors (Lipinski definition) is 1. The molecule has 170 valence electrons. The minimum Gasteiger partial charge on any atom is -0.494 e. The molecule has 2 fully saturated rings. The third-order valence-electron chi connectivity index (χ3n) is 5.95. The number of ether oxygens (including phenoxy) is 1. The minimum atomic E-state index is -0.667. The van der Waals surface area contributed by atoms with Crippen LogP contribution in [0.15, 0.2) is 54.6 Å². The number of amides is 2. The Hall–Kier alpha value is -2.77. The summed E-state index contributed by atoms with van der Waals surface area (Å²) in [7, 11) is 0. The van der Waals surface area contributed by atoms with Crippen molar-refractivity contribution in [1.29, 1.82) is 0 Å². The largest absolute Gasteiger partial charge is 0.494 e. The fraction of sp³-hybridized carbons (Fsp3) is 0.417. The molecule has 0 aliphatic carbocycles. The number of rotatable bonds is 9. The van der Waals surface area contributed by atoms with Crippen molar-refractivity contribution in [2.24, 2.45) is 5.92 Å². The van der Waals surface area contributed by atoms with E-state index in [-0.39, 0.29) is 11.8 Å². The van der Waals surface area contributed by atoms with Crippen LogP contribution in [0.4, 0.5) is 5.69 Å². The van der Waals surface area contributed by atoms with Crippen LogP contribution in [0, 0.1) is 5.92 Å². The summed E-state index contributed by atoms with van der Waals surface area (Å²) in [4.78, 5) is 29.6. The zero-order valence-corrected chi connectivity index (χ0v) is 18.8. The fourth-order valence-corrected chi connectivity index (χ4v) is 4.34. The number of carbonyl (C=O) groups is 2. The molecule has 2 aliphatic heterocycles. The first-order chi connectivity index (χ1) is 15.6. The van der Waals surface area contributed by atoms with Gasteiger partial charge >= 0.3 is 0 Å². The highest BCUT2D eigenvalue weighted by molar-refractivity contribution is 6.30. The summed E-state index contributed by atoms with van der Waals surface area (Å²) in [5, 5.41) is 2.23. The summed E-state index contributed by atoms with van der Waals surface area (Å²) in [5.41, 5.74) is 3.88. The molecule has 2 aliphatic rings. The molecule has 7 nitrogen and oxygen atoms in total. The van der Waals surface area contributed by atoms with Crippen molar-refractivity contribution in [1.82, 2.24) is 15.3 Å². The Morgan fingerprint density at radius 2 is 1.75 bits per heavy atom. The molecule has 0 spiro atoms. The molecule has 0 bridgehead atoms. The van der Waals surface area contributed by atoms with Gasteiger partial charge in [-0.2, -0.15) is 0 Å². The van der Waals surface area contributed by atoms with Crippen molar-refractivity contribution in [3.8, 4) is 5.75 Å². The highest BCUT2D eigenvalue weighted by Crippen LogP contribution is 2.21. The molecule has 32 heavy (non-hydrogen) atoms. The second-order valence-electron chi connectivity index (χ2n) is 8.13. The quantitative estimate of drug-likeness (QED) is 0.588. The molecule has 2 aromatic rings. The first kappa shape index (κ1) is 22.4. The van der Waals surface area contributed by atoms with Gasteiger partial charge in [-0.1, -0.05) is 35.9 Å². The Morgan fingerprint density at radius 3 is 2.50 bits per heavy atom. The monoisotopic (exact) mass is 456 g/mol. The lowest BCUT2D eigenvalue weighted by Gasteiger charge is -2.36. The van der Waals surface area contributed by atoms with Gasteiger partial charge in [-0.25, -0.2) is 0 Å². The number of hydrogen-bond acceptors (Lipinski definition) is 5. The summed E-state index contributed by atoms with van der Waals surface area (Å²) in [6.45, 7) is 5.57. The summed E-state index contributed by atoms with van der Waals surface area (Å²) in [5.74, 6) is -0.315. The number of halogens is 1. The maximum Gasteiger partial charge on any atom is 0.253 e. The smallest absolute Gasteiger partial charge is 0.253 e. The number of hydrazine groups is 1. The van der Waals surface area contributed by atoms with Crippen molar-refractivity contribution in [3.63, 3.8) is 0 Å². The average Bonchev–Trinajstić information content (AvgIpc) is 3.08. The zero-order chi connectivity index (χ0) is 22.3. The van der Waals surface area contributed by atoms with Crippen molar-refractivity contribution in [2.75, 3.05) is 50.8 Å². The van der Waals surface area contributed by atoms with E-state index in [0.29, 0.717) is 19.6 Å². The number of carbonyl (C=O) groups excluding carboxylic acids is 2. The molecule has 2 amide bonds. The second-order valence-corrected chi connectivity index (χ2v) is 8.57. The minimum absolute atomic E-state index is 0.155. The lowest BCUT2D eigenvalue weighted by molar-refractivity contribution is -0.133. The van der Waals surface area contributed by atoms with Crippen LogP contribution in [0.5, 0.6) is 5.75 Å². The van der Waals surface area contributed by atoms with Crippen molar-refractivity contribution >= 4 is 29.1 Å². The second kappa shape index (κ2) is 10.7. The number of nitrogens with one attached hydrogen (secondary N) is 1. The van der Waals surface area contributed by atoms with Crippen molar-refractivity contribution < 1.29 is 14.3 Å². The lowest BCUT2D eigenvalue weighted by Crippen LogP contribution is -2.47. The summed E-state index contributed by atoms with van der Waals surface area (Å²) >= 11 is 6.11. The Bertz CT molecular complexity index is 918. The Morgan fingerprint density at radius 1 is 0.969 bits per heavy atom. The summed E-state index contributed by atoms with van der Waals surface area (Å²) in [6.07, 6.45) is 1.19. The van der Waals surface area contributed by atoms with E-state index in [0.717, 1.165) is 55.6 Å². The van der Waals surface area contributed by atoms with Gasteiger partial charge in [-0.3, -0.25) is 24.9 Å². The Balaban J connectivity index is 1.15. The van der Waals surface area contributed by atoms with E-state index in [9.17, 15) is 9.59 Å². The third kappa shape index (κ3) is 5.72. The molecule has 1 atom stereocenters. The van der Waals surface area contributed by atoms with Gasteiger partial charge in [0.25, 0.3) is 11.8 Å². The fourth-order valence-electron chi connectivity index (χ4n) is 4.15. The van der Waals surface area contributed by atoms with E-state index in [2.05, 4.69) is 21.3 Å². The van der Waals surface area contributed by atoms with Gasteiger partial charge in [0, 0.05) is 56.4 Å². The van der Waals surface area contributed by atoms with Gasteiger partial charge in [-0.15, -0.1) is 0 Å². The molecule has 1 unspecified atom stereocenters. The molecular formula is C24H29ClN4O3. The van der Waals surface area contributed by atoms with E-state index < -0.39 is 5.92 Å². The standard InChI is InChI=1S/C24H29ClN4O3/c25-19-6-4-7-20(18-19)28-15-13-27(14-16-28)11-5-12-29-24(31)22(23(30)26-29)10-17-32-21-8-2-1-3-9-21/h1-4,6-9,18,22H,5,10-17H2,(H,26,30). The molecule has 4 rings (SSSR count). The van der Waals surface area contributed by atoms with Crippen LogP contribution in [0.2, 0.25) is 5.02 Å². The maximum absolute atomic E-state index is 12.6. The normalized spacial score (nSPS) is 19.3. The Labute approximate surface area is 193 Å². The molecular weight excluding hydrogens is 428 g/mol. The predicted molar refractivity (Wildman–Crippen MR) is 125 cm³/mol. The van der Waals surface area contributed by atoms with Crippen LogP contribution in [0.3, 0.4) is 0 Å². The van der Waals surface area contributed by atoms with Crippen LogP contribution in [-0.4, -0.2) is 67.6 Å². The molecule has 0 saturated carbocycles. The molecule has 2 saturated heterocycles. The number of nitrogens with zero attached hydrogens (tertiary/aromatic N) is 3. The highest BCUT2D eigenvalue weighted by Gasteiger charge is 2.38. The molecule has 8 heteroatoms. The molecule has 1 N–H and O–H groups in total. The topological polar surface area (TPSA) is 65.1 Å². The van der Waals surface area contributed by atoms with E-state index in [4.69, 9.17) is 16.3 Å². The first-order valence-electron chi connectivity index (χ1n) is 11.1. The number of piperazine rings is 1. The van der Waals surface area contributed by atoms with Crippen LogP contribution in [-0.2, 0) is 9.59 Å². The SMILES string of the molecule is O=C1NN(CCCN2CCN(c3cccc(Cl)c3)CC2)C(=O)C1CCOc1ccccc1. The number of benzene rings is 2. The van der Waals surface area contributed by atoms with E-state index >= 15 is 0 Å². The zero-order valence-electron chi connectivity index (χ0n) is 18.1. The molecule has 0 aromatic heterocycles. The number of para-hydroxylation sites is 1. The van der Waals surface area contributed by atoms with Crippen LogP contribution in [0.25, 0.3) is 0 Å². The van der Waals surface area contributed by atoms with Crippen LogP contribution in [0.1, 0.15) is 12.8 Å². The van der Waals surface area contributed by atoms with E-state index in [1.165, 1.54) is 5.01 Å². The Kier molecular flexibility index (Phi) is 7.50. The summed E-state index contributed by atoms with van der Waals surface area (Å²) in [6, 6.07) is 17.4. The number of anilines is 1. The highest BCUT2D eigenvalue weighted by atomic mass is 35.5. The average molecular weight is 457 g/mol. The van der Waals surface area contributed by atoms with Gasteiger partial charge in [-0.05, 0) is 36.8 Å². The van der Waals surface area contributed by atoms with Gasteiger partial charge in [0.05, 0.1) is 6.61 Å². The van der Waals surface area contributed by atoms with Gasteiger partial charge in [0.15, 0.2) is 0 Å².